The Kier molecular flexibility index (Phi) is 3.78. The first-order chi connectivity index (χ1) is 8.59. The van der Waals surface area contributed by atoms with Crippen LogP contribution < -0.4 is 5.32 Å². The third kappa shape index (κ3) is 2.81. The van der Waals surface area contributed by atoms with Crippen LogP contribution in [0.4, 0.5) is 11.4 Å². The van der Waals surface area contributed by atoms with Crippen LogP contribution >= 0.6 is 0 Å². The van der Waals surface area contributed by atoms with E-state index < -0.39 is 21.8 Å². The minimum absolute atomic E-state index is 0.184. The zero-order chi connectivity index (χ0) is 14.8. The number of anilines is 1. The zero-order valence-electron chi connectivity index (χ0n) is 11.3. The molecule has 0 atom stereocenters. The SMILES string of the molecule is CC(C)(Nc1ccncc1[N+](=O)[O-])C(C)(C)C(=O)O. The lowest BCUT2D eigenvalue weighted by Gasteiger charge is -2.39. The molecule has 0 spiro atoms. The lowest BCUT2D eigenvalue weighted by Crippen LogP contribution is -2.50. The Labute approximate surface area is 110 Å². The number of nitrogens with zero attached hydrogens (tertiary/aromatic N) is 2. The Morgan fingerprint density at radius 2 is 2.00 bits per heavy atom. The first-order valence-electron chi connectivity index (χ1n) is 5.69. The van der Waals surface area contributed by atoms with Crippen molar-refractivity contribution < 1.29 is 14.8 Å². The first-order valence-corrected chi connectivity index (χ1v) is 5.69. The van der Waals surface area contributed by atoms with E-state index in [0.29, 0.717) is 0 Å². The molecular weight excluding hydrogens is 250 g/mol. The van der Waals surface area contributed by atoms with Crippen molar-refractivity contribution in [2.75, 3.05) is 5.32 Å². The highest BCUT2D eigenvalue weighted by molar-refractivity contribution is 5.77. The summed E-state index contributed by atoms with van der Waals surface area (Å²) in [6, 6.07) is 1.46. The van der Waals surface area contributed by atoms with Crippen molar-refractivity contribution in [1.29, 1.82) is 0 Å². The van der Waals surface area contributed by atoms with Gasteiger partial charge in [-0.3, -0.25) is 19.9 Å². The molecule has 2 N–H and O–H groups in total. The highest BCUT2D eigenvalue weighted by atomic mass is 16.6. The molecule has 7 nitrogen and oxygen atoms in total. The van der Waals surface area contributed by atoms with E-state index in [4.69, 9.17) is 0 Å². The molecule has 19 heavy (non-hydrogen) atoms. The second kappa shape index (κ2) is 4.83. The second-order valence-electron chi connectivity index (χ2n) is 5.33. The van der Waals surface area contributed by atoms with Crippen molar-refractivity contribution in [3.05, 3.63) is 28.6 Å². The Bertz CT molecular complexity index is 511. The quantitative estimate of drug-likeness (QED) is 0.626. The molecule has 0 fully saturated rings. The normalized spacial score (nSPS) is 12.0. The van der Waals surface area contributed by atoms with Crippen LogP contribution in [0.5, 0.6) is 0 Å². The fourth-order valence-electron chi connectivity index (χ4n) is 1.40. The van der Waals surface area contributed by atoms with E-state index >= 15 is 0 Å². The van der Waals surface area contributed by atoms with E-state index in [2.05, 4.69) is 10.3 Å². The molecule has 0 saturated carbocycles. The maximum Gasteiger partial charge on any atom is 0.311 e. The lowest BCUT2D eigenvalue weighted by atomic mass is 9.74. The molecule has 104 valence electrons. The van der Waals surface area contributed by atoms with E-state index in [0.717, 1.165) is 6.20 Å². The third-order valence-electron chi connectivity index (χ3n) is 3.54. The van der Waals surface area contributed by atoms with Crippen LogP contribution in [-0.2, 0) is 4.79 Å². The lowest BCUT2D eigenvalue weighted by molar-refractivity contribution is -0.384. The predicted octanol–water partition coefficient (Wildman–Crippen LogP) is 2.29. The van der Waals surface area contributed by atoms with Crippen LogP contribution in [0.1, 0.15) is 27.7 Å². The molecule has 0 aromatic carbocycles. The van der Waals surface area contributed by atoms with Gasteiger partial charge in [0, 0.05) is 11.7 Å². The van der Waals surface area contributed by atoms with E-state index in [1.165, 1.54) is 12.3 Å². The summed E-state index contributed by atoms with van der Waals surface area (Å²) in [7, 11) is 0. The van der Waals surface area contributed by atoms with Gasteiger partial charge in [-0.25, -0.2) is 0 Å². The molecule has 1 heterocycles. The molecule has 1 aromatic heterocycles. The van der Waals surface area contributed by atoms with Gasteiger partial charge in [0.25, 0.3) is 0 Å². The average Bonchev–Trinajstić information content (AvgIpc) is 2.28. The smallest absolute Gasteiger partial charge is 0.311 e. The van der Waals surface area contributed by atoms with Gasteiger partial charge in [0.1, 0.15) is 11.9 Å². The number of pyridine rings is 1. The highest BCUT2D eigenvalue weighted by Gasteiger charge is 2.44. The molecule has 0 aliphatic carbocycles. The molecule has 0 aliphatic rings. The van der Waals surface area contributed by atoms with E-state index in [9.17, 15) is 20.0 Å². The summed E-state index contributed by atoms with van der Waals surface area (Å²) in [6.07, 6.45) is 2.55. The maximum absolute atomic E-state index is 11.3. The van der Waals surface area contributed by atoms with Crippen LogP contribution in [0.25, 0.3) is 0 Å². The number of carbonyl (C=O) groups is 1. The number of aliphatic carboxylic acids is 1. The first kappa shape index (κ1) is 14.9. The molecule has 0 aliphatic heterocycles. The minimum atomic E-state index is -1.11. The zero-order valence-corrected chi connectivity index (χ0v) is 11.3. The van der Waals surface area contributed by atoms with Gasteiger partial charge in [-0.2, -0.15) is 0 Å². The summed E-state index contributed by atoms with van der Waals surface area (Å²) < 4.78 is 0. The third-order valence-corrected chi connectivity index (χ3v) is 3.54. The molecule has 1 rings (SSSR count). The molecule has 1 aromatic rings. The summed E-state index contributed by atoms with van der Waals surface area (Å²) in [5.41, 5.74) is -1.93. The van der Waals surface area contributed by atoms with E-state index in [1.807, 2.05) is 0 Å². The fraction of sp³-hybridized carbons (Fsp3) is 0.500. The summed E-state index contributed by atoms with van der Waals surface area (Å²) in [6.45, 7) is 6.50. The summed E-state index contributed by atoms with van der Waals surface area (Å²) in [4.78, 5) is 25.3. The van der Waals surface area contributed by atoms with Crippen molar-refractivity contribution in [1.82, 2.24) is 4.98 Å². The van der Waals surface area contributed by atoms with Gasteiger partial charge >= 0.3 is 11.7 Å². The number of hydrogen-bond acceptors (Lipinski definition) is 5. The Morgan fingerprint density at radius 3 is 2.47 bits per heavy atom. The summed E-state index contributed by atoms with van der Waals surface area (Å²) >= 11 is 0. The summed E-state index contributed by atoms with van der Waals surface area (Å²) in [5, 5.41) is 23.1. The Hall–Kier alpha value is -2.18. The maximum atomic E-state index is 11.3. The molecule has 0 saturated heterocycles. The van der Waals surface area contributed by atoms with Crippen LogP contribution in [0.3, 0.4) is 0 Å². The van der Waals surface area contributed by atoms with Gasteiger partial charge in [-0.15, -0.1) is 0 Å². The van der Waals surface area contributed by atoms with Gasteiger partial charge in [0.15, 0.2) is 0 Å². The number of nitro groups is 1. The second-order valence-corrected chi connectivity index (χ2v) is 5.33. The van der Waals surface area contributed by atoms with Crippen molar-refractivity contribution in [3.8, 4) is 0 Å². The van der Waals surface area contributed by atoms with Crippen LogP contribution in [0, 0.1) is 15.5 Å². The number of aromatic nitrogens is 1. The molecule has 0 amide bonds. The molecule has 7 heteroatoms. The van der Waals surface area contributed by atoms with Gasteiger partial charge in [0.05, 0.1) is 10.3 Å². The minimum Gasteiger partial charge on any atom is -0.481 e. The number of rotatable bonds is 5. The van der Waals surface area contributed by atoms with Gasteiger partial charge in [-0.05, 0) is 33.8 Å². The standard InChI is InChI=1S/C12H17N3O4/c1-11(2,10(16)17)12(3,4)14-8-5-6-13-7-9(8)15(18)19/h5-7H,1-4H3,(H,13,14)(H,16,17). The topological polar surface area (TPSA) is 105 Å². The van der Waals surface area contributed by atoms with Crippen molar-refractivity contribution in [3.63, 3.8) is 0 Å². The fourth-order valence-corrected chi connectivity index (χ4v) is 1.40. The van der Waals surface area contributed by atoms with Crippen LogP contribution in [0.15, 0.2) is 18.5 Å². The van der Waals surface area contributed by atoms with E-state index in [1.54, 1.807) is 27.7 Å². The highest BCUT2D eigenvalue weighted by Crippen LogP contribution is 2.36. The molecule has 0 unspecified atom stereocenters. The number of nitrogens with one attached hydrogen (secondary N) is 1. The molecular formula is C12H17N3O4. The van der Waals surface area contributed by atoms with Gasteiger partial charge < -0.3 is 10.4 Å². The van der Waals surface area contributed by atoms with Crippen molar-refractivity contribution in [2.45, 2.75) is 33.2 Å². The number of carboxylic acids is 1. The van der Waals surface area contributed by atoms with Crippen LogP contribution in [-0.4, -0.2) is 26.5 Å². The Balaban J connectivity index is 3.15. The van der Waals surface area contributed by atoms with Gasteiger partial charge in [-0.1, -0.05) is 0 Å². The van der Waals surface area contributed by atoms with Crippen molar-refractivity contribution >= 4 is 17.3 Å². The summed E-state index contributed by atoms with van der Waals surface area (Å²) in [5.74, 6) is -0.985. The average molecular weight is 267 g/mol. The number of carboxylic acid groups (broad SMARTS) is 1. The van der Waals surface area contributed by atoms with Crippen LogP contribution in [0.2, 0.25) is 0 Å². The number of hydrogen-bond donors (Lipinski definition) is 2. The Morgan fingerprint density at radius 1 is 1.42 bits per heavy atom. The van der Waals surface area contributed by atoms with Gasteiger partial charge in [0.2, 0.25) is 0 Å². The monoisotopic (exact) mass is 267 g/mol. The molecule has 0 bridgehead atoms. The predicted molar refractivity (Wildman–Crippen MR) is 70.0 cm³/mol. The van der Waals surface area contributed by atoms with E-state index in [-0.39, 0.29) is 11.4 Å². The molecule has 0 radical (unpaired) electrons. The van der Waals surface area contributed by atoms with Crippen molar-refractivity contribution in [2.24, 2.45) is 5.41 Å². The largest absolute Gasteiger partial charge is 0.481 e.